The van der Waals surface area contributed by atoms with Crippen LogP contribution in [0, 0.1) is 0 Å². The molecule has 1 aromatic carbocycles. The van der Waals surface area contributed by atoms with E-state index in [1.165, 1.54) is 10.1 Å². The van der Waals surface area contributed by atoms with Crippen LogP contribution in [0.25, 0.3) is 10.1 Å². The largest absolute Gasteiger partial charge is 0.481 e. The van der Waals surface area contributed by atoms with E-state index in [-0.39, 0.29) is 24.7 Å². The van der Waals surface area contributed by atoms with E-state index in [1.54, 1.807) is 11.3 Å². The van der Waals surface area contributed by atoms with Gasteiger partial charge in [-0.2, -0.15) is 0 Å². The maximum Gasteiger partial charge on any atom is 0.303 e. The molecule has 1 fully saturated rings. The topological polar surface area (TPSA) is 95.5 Å². The van der Waals surface area contributed by atoms with Crippen LogP contribution in [0.15, 0.2) is 29.6 Å². The van der Waals surface area contributed by atoms with Gasteiger partial charge in [-0.3, -0.25) is 14.4 Å². The van der Waals surface area contributed by atoms with Crippen LogP contribution in [-0.2, 0) is 20.9 Å². The van der Waals surface area contributed by atoms with E-state index >= 15 is 0 Å². The number of hydrogen-bond acceptors (Lipinski definition) is 4. The van der Waals surface area contributed by atoms with Crippen molar-refractivity contribution in [3.63, 3.8) is 0 Å². The number of amides is 2. The highest BCUT2D eigenvalue weighted by Crippen LogP contribution is 2.30. The van der Waals surface area contributed by atoms with Gasteiger partial charge in [-0.25, -0.2) is 0 Å². The number of hydrogen-bond donors (Lipinski definition) is 3. The molecule has 0 radical (unpaired) electrons. The van der Waals surface area contributed by atoms with Gasteiger partial charge in [0.2, 0.25) is 11.8 Å². The number of benzene rings is 1. The zero-order chi connectivity index (χ0) is 18.6. The molecule has 3 N–H and O–H groups in total. The molecule has 138 valence electrons. The predicted molar refractivity (Wildman–Crippen MR) is 99.9 cm³/mol. The average molecular weight is 374 g/mol. The summed E-state index contributed by atoms with van der Waals surface area (Å²) >= 11 is 1.69. The Kier molecular flexibility index (Phi) is 5.56. The Labute approximate surface area is 155 Å². The lowest BCUT2D eigenvalue weighted by atomic mass is 9.86. The summed E-state index contributed by atoms with van der Waals surface area (Å²) in [5.41, 5.74) is 0.474. The average Bonchev–Trinajstić information content (AvgIpc) is 3.23. The summed E-state index contributed by atoms with van der Waals surface area (Å²) in [4.78, 5) is 34.7. The van der Waals surface area contributed by atoms with Gasteiger partial charge in [0, 0.05) is 36.0 Å². The summed E-state index contributed by atoms with van der Waals surface area (Å²) in [6.07, 6.45) is 2.05. The van der Waals surface area contributed by atoms with Crippen LogP contribution in [0.2, 0.25) is 0 Å². The third-order valence-electron chi connectivity index (χ3n) is 4.89. The Balaban J connectivity index is 1.51. The van der Waals surface area contributed by atoms with Crippen LogP contribution >= 0.6 is 11.3 Å². The second-order valence-electron chi connectivity index (χ2n) is 6.79. The zero-order valence-electron chi connectivity index (χ0n) is 14.4. The second-order valence-corrected chi connectivity index (χ2v) is 7.74. The Morgan fingerprint density at radius 1 is 1.23 bits per heavy atom. The van der Waals surface area contributed by atoms with Crippen LogP contribution in [-0.4, -0.2) is 28.4 Å². The Bertz CT molecular complexity index is 832. The molecular weight excluding hydrogens is 352 g/mol. The molecule has 7 heteroatoms. The van der Waals surface area contributed by atoms with Crippen molar-refractivity contribution in [1.29, 1.82) is 0 Å². The van der Waals surface area contributed by atoms with Gasteiger partial charge in [0.05, 0.1) is 0 Å². The number of thiophene rings is 1. The van der Waals surface area contributed by atoms with E-state index in [4.69, 9.17) is 5.11 Å². The molecule has 1 aliphatic heterocycles. The van der Waals surface area contributed by atoms with Gasteiger partial charge in [-0.1, -0.05) is 6.07 Å². The molecule has 0 bridgehead atoms. The quantitative estimate of drug-likeness (QED) is 0.662. The molecule has 1 saturated heterocycles. The second kappa shape index (κ2) is 7.86. The van der Waals surface area contributed by atoms with E-state index in [2.05, 4.69) is 28.8 Å². The van der Waals surface area contributed by atoms with Crippen molar-refractivity contribution in [2.24, 2.45) is 0 Å². The normalized spacial score (nSPS) is 19.5. The van der Waals surface area contributed by atoms with E-state index < -0.39 is 11.5 Å². The molecule has 1 aliphatic rings. The van der Waals surface area contributed by atoms with Gasteiger partial charge in [0.25, 0.3) is 0 Å². The summed E-state index contributed by atoms with van der Waals surface area (Å²) in [7, 11) is 0. The SMILES string of the molecule is O=C(O)CC[C@@]1(CCC(=O)NCc2ccc3sccc3c2)CCC(=O)N1. The number of carboxylic acids is 1. The van der Waals surface area contributed by atoms with Crippen molar-refractivity contribution in [2.45, 2.75) is 50.6 Å². The van der Waals surface area contributed by atoms with Gasteiger partial charge < -0.3 is 15.7 Å². The number of carbonyl (C=O) groups is 3. The van der Waals surface area contributed by atoms with E-state index in [1.807, 2.05) is 11.4 Å². The van der Waals surface area contributed by atoms with Gasteiger partial charge in [0.15, 0.2) is 0 Å². The molecule has 2 aromatic rings. The van der Waals surface area contributed by atoms with Gasteiger partial charge in [0.1, 0.15) is 0 Å². The lowest BCUT2D eigenvalue weighted by Crippen LogP contribution is -2.43. The van der Waals surface area contributed by atoms with Crippen molar-refractivity contribution >= 4 is 39.2 Å². The lowest BCUT2D eigenvalue weighted by Gasteiger charge is -2.28. The predicted octanol–water partition coefficient (Wildman–Crippen LogP) is 2.81. The molecule has 0 saturated carbocycles. The van der Waals surface area contributed by atoms with Crippen LogP contribution in [0.4, 0.5) is 0 Å². The molecule has 0 spiro atoms. The molecule has 0 unspecified atom stereocenters. The van der Waals surface area contributed by atoms with Crippen LogP contribution in [0.5, 0.6) is 0 Å². The van der Waals surface area contributed by atoms with E-state index in [9.17, 15) is 14.4 Å². The zero-order valence-corrected chi connectivity index (χ0v) is 15.2. The molecule has 6 nitrogen and oxygen atoms in total. The van der Waals surface area contributed by atoms with Crippen molar-refractivity contribution in [2.75, 3.05) is 0 Å². The van der Waals surface area contributed by atoms with Crippen LogP contribution < -0.4 is 10.6 Å². The molecule has 3 rings (SSSR count). The van der Waals surface area contributed by atoms with Crippen LogP contribution in [0.3, 0.4) is 0 Å². The van der Waals surface area contributed by atoms with E-state index in [0.717, 1.165) is 5.56 Å². The maximum absolute atomic E-state index is 12.2. The molecule has 0 aliphatic carbocycles. The minimum atomic E-state index is -0.890. The van der Waals surface area contributed by atoms with Crippen molar-refractivity contribution in [1.82, 2.24) is 10.6 Å². The Hall–Kier alpha value is -2.41. The third kappa shape index (κ3) is 4.60. The Morgan fingerprint density at radius 3 is 2.77 bits per heavy atom. The minimum absolute atomic E-state index is 0.0114. The van der Waals surface area contributed by atoms with E-state index in [0.29, 0.717) is 32.2 Å². The molecular formula is C19H22N2O4S. The number of carboxylic acid groups (broad SMARTS) is 1. The van der Waals surface area contributed by atoms with Gasteiger partial charge in [-0.15, -0.1) is 11.3 Å². The van der Waals surface area contributed by atoms with Crippen molar-refractivity contribution < 1.29 is 19.5 Å². The first kappa shape index (κ1) is 18.4. The number of aliphatic carboxylic acids is 1. The van der Waals surface area contributed by atoms with Gasteiger partial charge in [-0.05, 0) is 53.8 Å². The standard InChI is InChI=1S/C19H22N2O4S/c22-16(20-12-13-1-2-15-14(11-13)6-10-26-15)3-7-19(9-5-18(24)25)8-4-17(23)21-19/h1-2,6,10-11H,3-5,7-9,12H2,(H,20,22)(H,21,23)(H,24,25)/t19-/m1/s1. The molecule has 2 amide bonds. The molecule has 2 heterocycles. The molecule has 1 aromatic heterocycles. The Morgan fingerprint density at radius 2 is 2.04 bits per heavy atom. The first-order chi connectivity index (χ1) is 12.5. The van der Waals surface area contributed by atoms with Crippen LogP contribution in [0.1, 0.15) is 44.1 Å². The molecule has 26 heavy (non-hydrogen) atoms. The fourth-order valence-electron chi connectivity index (χ4n) is 3.39. The third-order valence-corrected chi connectivity index (χ3v) is 5.79. The highest BCUT2D eigenvalue weighted by Gasteiger charge is 2.37. The first-order valence-electron chi connectivity index (χ1n) is 8.71. The van der Waals surface area contributed by atoms with Crippen molar-refractivity contribution in [3.05, 3.63) is 35.2 Å². The summed E-state index contributed by atoms with van der Waals surface area (Å²) < 4.78 is 1.22. The lowest BCUT2D eigenvalue weighted by molar-refractivity contribution is -0.137. The number of fused-ring (bicyclic) bond motifs is 1. The van der Waals surface area contributed by atoms with Crippen molar-refractivity contribution in [3.8, 4) is 0 Å². The summed E-state index contributed by atoms with van der Waals surface area (Å²) in [6.45, 7) is 0.457. The summed E-state index contributed by atoms with van der Waals surface area (Å²) in [5, 5.41) is 17.9. The van der Waals surface area contributed by atoms with Gasteiger partial charge >= 0.3 is 5.97 Å². The number of nitrogens with one attached hydrogen (secondary N) is 2. The maximum atomic E-state index is 12.2. The summed E-state index contributed by atoms with van der Waals surface area (Å²) in [6, 6.07) is 8.18. The highest BCUT2D eigenvalue weighted by atomic mass is 32.1. The molecule has 1 atom stereocenters. The first-order valence-corrected chi connectivity index (χ1v) is 9.59. The smallest absolute Gasteiger partial charge is 0.303 e. The fraction of sp³-hybridized carbons (Fsp3) is 0.421. The number of rotatable bonds is 8. The highest BCUT2D eigenvalue weighted by molar-refractivity contribution is 7.17. The summed E-state index contributed by atoms with van der Waals surface area (Å²) in [5.74, 6) is -1.05. The number of carbonyl (C=O) groups excluding carboxylic acids is 2. The minimum Gasteiger partial charge on any atom is -0.481 e. The monoisotopic (exact) mass is 374 g/mol. The fourth-order valence-corrected chi connectivity index (χ4v) is 4.16.